The van der Waals surface area contributed by atoms with E-state index in [2.05, 4.69) is 9.97 Å². The number of rotatable bonds is 2. The molecule has 3 aromatic rings. The minimum absolute atomic E-state index is 0.665. The van der Waals surface area contributed by atoms with Crippen LogP contribution in [0.15, 0.2) is 49.1 Å². The average molecular weight is 239 g/mol. The molecule has 0 saturated heterocycles. The van der Waals surface area contributed by atoms with Crippen LogP contribution < -0.4 is 0 Å². The zero-order valence-electron chi connectivity index (χ0n) is 9.99. The van der Waals surface area contributed by atoms with Gasteiger partial charge >= 0.3 is 0 Å². The number of nitrogens with zero attached hydrogens (tertiary/aromatic N) is 3. The number of benzene rings is 1. The number of hydrogen-bond donors (Lipinski definition) is 1. The first-order valence-electron chi connectivity index (χ1n) is 5.74. The fourth-order valence-corrected chi connectivity index (χ4v) is 2.07. The molecule has 2 heterocycles. The number of imidazole rings is 1. The largest absolute Gasteiger partial charge is 0.382 e. The molecule has 90 valence electrons. The van der Waals surface area contributed by atoms with Crippen molar-refractivity contribution in [3.63, 3.8) is 0 Å². The molecule has 2 aromatic heterocycles. The van der Waals surface area contributed by atoms with Crippen molar-refractivity contribution < 1.29 is 5.11 Å². The van der Waals surface area contributed by atoms with Gasteiger partial charge in [0.2, 0.25) is 0 Å². The molecule has 0 saturated carbocycles. The fourth-order valence-electron chi connectivity index (χ4n) is 2.07. The number of aromatic nitrogens is 3. The highest BCUT2D eigenvalue weighted by Gasteiger charge is 2.14. The summed E-state index contributed by atoms with van der Waals surface area (Å²) in [5.74, 6) is 0. The maximum absolute atomic E-state index is 10.3. The Kier molecular flexibility index (Phi) is 2.57. The van der Waals surface area contributed by atoms with Gasteiger partial charge in [-0.25, -0.2) is 4.98 Å². The van der Waals surface area contributed by atoms with Crippen molar-refractivity contribution in [1.29, 1.82) is 0 Å². The minimum atomic E-state index is -0.665. The third-order valence-electron chi connectivity index (χ3n) is 3.08. The molecule has 0 radical (unpaired) electrons. The van der Waals surface area contributed by atoms with Crippen molar-refractivity contribution >= 4 is 10.9 Å². The van der Waals surface area contributed by atoms with Crippen molar-refractivity contribution in [3.8, 4) is 0 Å². The number of hydrogen-bond acceptors (Lipinski definition) is 3. The normalized spacial score (nSPS) is 12.8. The van der Waals surface area contributed by atoms with Gasteiger partial charge in [0.05, 0.1) is 23.7 Å². The topological polar surface area (TPSA) is 50.9 Å². The van der Waals surface area contributed by atoms with E-state index in [0.29, 0.717) is 0 Å². The Hall–Kier alpha value is -2.20. The maximum atomic E-state index is 10.3. The van der Waals surface area contributed by atoms with Gasteiger partial charge in [-0.3, -0.25) is 4.98 Å². The van der Waals surface area contributed by atoms with E-state index in [1.54, 1.807) is 18.7 Å². The molecular formula is C14H13N3O. The molecule has 0 amide bonds. The zero-order chi connectivity index (χ0) is 12.5. The first kappa shape index (κ1) is 10.9. The fraction of sp³-hybridized carbons (Fsp3) is 0.143. The lowest BCUT2D eigenvalue weighted by Crippen LogP contribution is -2.05. The Morgan fingerprint density at radius 2 is 2.17 bits per heavy atom. The van der Waals surface area contributed by atoms with Crippen LogP contribution in [0, 0.1) is 0 Å². The number of aliphatic hydroxyl groups is 1. The molecule has 0 spiro atoms. The number of aliphatic hydroxyl groups excluding tert-OH is 1. The smallest absolute Gasteiger partial charge is 0.121 e. The molecule has 1 atom stereocenters. The Labute approximate surface area is 105 Å². The molecule has 0 aliphatic rings. The third kappa shape index (κ3) is 1.76. The molecular weight excluding hydrogens is 226 g/mol. The molecule has 0 bridgehead atoms. The number of pyridine rings is 1. The van der Waals surface area contributed by atoms with Crippen LogP contribution in [-0.4, -0.2) is 19.6 Å². The van der Waals surface area contributed by atoms with E-state index >= 15 is 0 Å². The Morgan fingerprint density at radius 1 is 1.28 bits per heavy atom. The maximum Gasteiger partial charge on any atom is 0.121 e. The van der Waals surface area contributed by atoms with E-state index in [4.69, 9.17) is 0 Å². The van der Waals surface area contributed by atoms with Crippen LogP contribution >= 0.6 is 0 Å². The van der Waals surface area contributed by atoms with Crippen molar-refractivity contribution in [2.24, 2.45) is 7.05 Å². The lowest BCUT2D eigenvalue weighted by atomic mass is 10.0. The van der Waals surface area contributed by atoms with Gasteiger partial charge < -0.3 is 9.67 Å². The monoisotopic (exact) mass is 239 g/mol. The van der Waals surface area contributed by atoms with E-state index in [1.807, 2.05) is 41.9 Å². The first-order valence-corrected chi connectivity index (χ1v) is 5.74. The lowest BCUT2D eigenvalue weighted by molar-refractivity contribution is 0.211. The van der Waals surface area contributed by atoms with Crippen LogP contribution in [0.25, 0.3) is 10.9 Å². The van der Waals surface area contributed by atoms with Gasteiger partial charge in [0, 0.05) is 18.6 Å². The standard InChI is InChI=1S/C14H13N3O/c1-17-9-15-8-13(17)14(18)11-4-5-12-10(7-11)3-2-6-16-12/h2-9,14,18H,1H3. The number of aryl methyl sites for hydroxylation is 1. The summed E-state index contributed by atoms with van der Waals surface area (Å²) in [6, 6.07) is 9.65. The SMILES string of the molecule is Cn1cncc1C(O)c1ccc2ncccc2c1. The molecule has 0 aliphatic carbocycles. The van der Waals surface area contributed by atoms with E-state index in [9.17, 15) is 5.11 Å². The molecule has 3 rings (SSSR count). The molecule has 18 heavy (non-hydrogen) atoms. The Morgan fingerprint density at radius 3 is 2.94 bits per heavy atom. The molecule has 0 fully saturated rings. The summed E-state index contributed by atoms with van der Waals surface area (Å²) < 4.78 is 1.82. The van der Waals surface area contributed by atoms with E-state index in [0.717, 1.165) is 22.2 Å². The van der Waals surface area contributed by atoms with E-state index in [1.165, 1.54) is 0 Å². The van der Waals surface area contributed by atoms with Crippen LogP contribution in [0.1, 0.15) is 17.4 Å². The van der Waals surface area contributed by atoms with Gasteiger partial charge in [-0.1, -0.05) is 12.1 Å². The van der Waals surface area contributed by atoms with Gasteiger partial charge in [-0.15, -0.1) is 0 Å². The first-order chi connectivity index (χ1) is 8.75. The third-order valence-corrected chi connectivity index (χ3v) is 3.08. The highest BCUT2D eigenvalue weighted by molar-refractivity contribution is 5.79. The molecule has 0 aliphatic heterocycles. The average Bonchev–Trinajstić information content (AvgIpc) is 2.83. The molecule has 1 aromatic carbocycles. The predicted octanol–water partition coefficient (Wildman–Crippen LogP) is 2.05. The summed E-state index contributed by atoms with van der Waals surface area (Å²) in [5.41, 5.74) is 2.55. The molecule has 4 heteroatoms. The van der Waals surface area contributed by atoms with Crippen LogP contribution in [-0.2, 0) is 7.05 Å². The zero-order valence-corrected chi connectivity index (χ0v) is 9.99. The van der Waals surface area contributed by atoms with Crippen LogP contribution in [0.3, 0.4) is 0 Å². The lowest BCUT2D eigenvalue weighted by Gasteiger charge is -2.12. The van der Waals surface area contributed by atoms with Crippen molar-refractivity contribution in [3.05, 3.63) is 60.3 Å². The van der Waals surface area contributed by atoms with Gasteiger partial charge in [-0.2, -0.15) is 0 Å². The second-order valence-electron chi connectivity index (χ2n) is 4.29. The van der Waals surface area contributed by atoms with Crippen LogP contribution in [0.4, 0.5) is 0 Å². The highest BCUT2D eigenvalue weighted by atomic mass is 16.3. The summed E-state index contributed by atoms with van der Waals surface area (Å²) in [6.45, 7) is 0. The van der Waals surface area contributed by atoms with Crippen molar-refractivity contribution in [2.45, 2.75) is 6.10 Å². The summed E-state index contributed by atoms with van der Waals surface area (Å²) in [6.07, 6.45) is 4.46. The molecule has 1 N–H and O–H groups in total. The Balaban J connectivity index is 2.07. The molecule has 4 nitrogen and oxygen atoms in total. The van der Waals surface area contributed by atoms with Crippen LogP contribution in [0.2, 0.25) is 0 Å². The Bertz CT molecular complexity index is 690. The second-order valence-corrected chi connectivity index (χ2v) is 4.29. The predicted molar refractivity (Wildman–Crippen MR) is 69.0 cm³/mol. The van der Waals surface area contributed by atoms with Crippen LogP contribution in [0.5, 0.6) is 0 Å². The summed E-state index contributed by atoms with van der Waals surface area (Å²) in [5, 5.41) is 11.4. The minimum Gasteiger partial charge on any atom is -0.382 e. The van der Waals surface area contributed by atoms with Crippen molar-refractivity contribution in [1.82, 2.24) is 14.5 Å². The van der Waals surface area contributed by atoms with E-state index in [-0.39, 0.29) is 0 Å². The second kappa shape index (κ2) is 4.23. The van der Waals surface area contributed by atoms with Gasteiger partial charge in [0.15, 0.2) is 0 Å². The van der Waals surface area contributed by atoms with Gasteiger partial charge in [-0.05, 0) is 23.8 Å². The summed E-state index contributed by atoms with van der Waals surface area (Å²) >= 11 is 0. The van der Waals surface area contributed by atoms with Gasteiger partial charge in [0.1, 0.15) is 6.10 Å². The van der Waals surface area contributed by atoms with E-state index < -0.39 is 6.10 Å². The highest BCUT2D eigenvalue weighted by Crippen LogP contribution is 2.24. The molecule has 1 unspecified atom stereocenters. The van der Waals surface area contributed by atoms with Gasteiger partial charge in [0.25, 0.3) is 0 Å². The summed E-state index contributed by atoms with van der Waals surface area (Å²) in [7, 11) is 1.87. The number of fused-ring (bicyclic) bond motifs is 1. The summed E-state index contributed by atoms with van der Waals surface area (Å²) in [4.78, 5) is 8.28. The van der Waals surface area contributed by atoms with Crippen molar-refractivity contribution in [2.75, 3.05) is 0 Å². The quantitative estimate of drug-likeness (QED) is 0.744.